The van der Waals surface area contributed by atoms with Crippen LogP contribution in [0.15, 0.2) is 18.2 Å². The second-order valence-electron chi connectivity index (χ2n) is 4.63. The van der Waals surface area contributed by atoms with Crippen molar-refractivity contribution >= 4 is 23.2 Å². The first kappa shape index (κ1) is 13.2. The quantitative estimate of drug-likeness (QED) is 0.852. The first-order valence-corrected chi connectivity index (χ1v) is 6.37. The van der Waals surface area contributed by atoms with Gasteiger partial charge in [0.2, 0.25) is 5.91 Å². The van der Waals surface area contributed by atoms with Crippen molar-refractivity contribution < 1.29 is 9.90 Å². The Labute approximate surface area is 112 Å². The molecule has 0 spiro atoms. The molecular weight excluding hydrogens is 252 g/mol. The van der Waals surface area contributed by atoms with Crippen LogP contribution < -0.4 is 10.2 Å². The zero-order chi connectivity index (χ0) is 13.1. The number of carbonyl (C=O) groups excluding carboxylic acids is 1. The van der Waals surface area contributed by atoms with Crippen molar-refractivity contribution in [3.63, 3.8) is 0 Å². The predicted molar refractivity (Wildman–Crippen MR) is 71.8 cm³/mol. The van der Waals surface area contributed by atoms with Gasteiger partial charge in [-0.1, -0.05) is 11.6 Å². The molecule has 0 aromatic heterocycles. The molecule has 0 atom stereocenters. The molecule has 1 aliphatic carbocycles. The lowest BCUT2D eigenvalue weighted by atomic mass is 10.1. The van der Waals surface area contributed by atoms with Gasteiger partial charge in [-0.05, 0) is 31.0 Å². The van der Waals surface area contributed by atoms with Gasteiger partial charge in [0.1, 0.15) is 0 Å². The Hall–Kier alpha value is -1.26. The fourth-order valence-corrected chi connectivity index (χ4v) is 2.05. The molecule has 1 aromatic carbocycles. The number of halogens is 1. The van der Waals surface area contributed by atoms with Gasteiger partial charge in [0.15, 0.2) is 0 Å². The molecule has 98 valence electrons. The number of hydrogen-bond donors (Lipinski definition) is 2. The smallest absolute Gasteiger partial charge is 0.239 e. The van der Waals surface area contributed by atoms with Gasteiger partial charge in [-0.2, -0.15) is 0 Å². The molecule has 1 aromatic rings. The standard InChI is InChI=1S/C13H17ClN2O2/c1-16(7-13(18)15-11-3-4-11)12-5-2-10(14)6-9(12)8-17/h2,5-6,11,17H,3-4,7-8H2,1H3,(H,15,18). The lowest BCUT2D eigenvalue weighted by Crippen LogP contribution is -2.36. The Bertz CT molecular complexity index is 447. The fourth-order valence-electron chi connectivity index (χ4n) is 1.85. The summed E-state index contributed by atoms with van der Waals surface area (Å²) in [4.78, 5) is 13.5. The summed E-state index contributed by atoms with van der Waals surface area (Å²) in [5, 5.41) is 12.8. The minimum absolute atomic E-state index is 0.0128. The normalized spacial score (nSPS) is 14.4. The third-order valence-electron chi connectivity index (χ3n) is 2.95. The Morgan fingerprint density at radius 1 is 1.56 bits per heavy atom. The molecule has 1 saturated carbocycles. The first-order valence-electron chi connectivity index (χ1n) is 6.00. The van der Waals surface area contributed by atoms with E-state index in [1.54, 1.807) is 12.1 Å². The molecule has 18 heavy (non-hydrogen) atoms. The van der Waals surface area contributed by atoms with Crippen LogP contribution in [-0.2, 0) is 11.4 Å². The van der Waals surface area contributed by atoms with Gasteiger partial charge in [-0.25, -0.2) is 0 Å². The summed E-state index contributed by atoms with van der Waals surface area (Å²) in [5.41, 5.74) is 1.55. The van der Waals surface area contributed by atoms with Gasteiger partial charge in [0, 0.05) is 29.4 Å². The number of amides is 1. The van der Waals surface area contributed by atoms with Crippen LogP contribution in [0.4, 0.5) is 5.69 Å². The summed E-state index contributed by atoms with van der Waals surface area (Å²) in [5.74, 6) is 0.0128. The van der Waals surface area contributed by atoms with Gasteiger partial charge >= 0.3 is 0 Å². The predicted octanol–water partition coefficient (Wildman–Crippen LogP) is 1.55. The number of nitrogens with zero attached hydrogens (tertiary/aromatic N) is 1. The van der Waals surface area contributed by atoms with Crippen LogP contribution in [0.3, 0.4) is 0 Å². The fraction of sp³-hybridized carbons (Fsp3) is 0.462. The number of benzene rings is 1. The van der Waals surface area contributed by atoms with E-state index in [1.807, 2.05) is 18.0 Å². The van der Waals surface area contributed by atoms with Gasteiger partial charge in [-0.15, -0.1) is 0 Å². The van der Waals surface area contributed by atoms with Crippen LogP contribution in [0.1, 0.15) is 18.4 Å². The second-order valence-corrected chi connectivity index (χ2v) is 5.07. The Morgan fingerprint density at radius 3 is 2.89 bits per heavy atom. The van der Waals surface area contributed by atoms with Crippen LogP contribution in [0, 0.1) is 0 Å². The highest BCUT2D eigenvalue weighted by Crippen LogP contribution is 2.24. The topological polar surface area (TPSA) is 52.6 Å². The summed E-state index contributed by atoms with van der Waals surface area (Å²) in [6.07, 6.45) is 2.16. The van der Waals surface area contributed by atoms with E-state index < -0.39 is 0 Å². The highest BCUT2D eigenvalue weighted by Gasteiger charge is 2.23. The maximum atomic E-state index is 11.7. The lowest BCUT2D eigenvalue weighted by Gasteiger charge is -2.21. The van der Waals surface area contributed by atoms with E-state index in [0.29, 0.717) is 11.1 Å². The zero-order valence-electron chi connectivity index (χ0n) is 10.3. The molecule has 1 fully saturated rings. The molecule has 1 aliphatic rings. The molecule has 2 N–H and O–H groups in total. The second kappa shape index (κ2) is 5.59. The Morgan fingerprint density at radius 2 is 2.28 bits per heavy atom. The SMILES string of the molecule is CN(CC(=O)NC1CC1)c1ccc(Cl)cc1CO. The summed E-state index contributed by atoms with van der Waals surface area (Å²) in [6, 6.07) is 5.66. The van der Waals surface area contributed by atoms with E-state index in [1.165, 1.54) is 0 Å². The molecular formula is C13H17ClN2O2. The molecule has 0 radical (unpaired) electrons. The minimum atomic E-state index is -0.0928. The van der Waals surface area contributed by atoms with Crippen molar-refractivity contribution in [2.75, 3.05) is 18.5 Å². The average molecular weight is 269 g/mol. The van der Waals surface area contributed by atoms with Gasteiger partial charge in [0.25, 0.3) is 0 Å². The monoisotopic (exact) mass is 268 g/mol. The van der Waals surface area contributed by atoms with Crippen molar-refractivity contribution in [3.05, 3.63) is 28.8 Å². The van der Waals surface area contributed by atoms with E-state index in [2.05, 4.69) is 5.32 Å². The minimum Gasteiger partial charge on any atom is -0.392 e. The number of anilines is 1. The average Bonchev–Trinajstić information content (AvgIpc) is 3.12. The molecule has 0 bridgehead atoms. The molecule has 1 amide bonds. The van der Waals surface area contributed by atoms with Crippen molar-refractivity contribution in [1.82, 2.24) is 5.32 Å². The maximum absolute atomic E-state index is 11.7. The summed E-state index contributed by atoms with van der Waals surface area (Å²) < 4.78 is 0. The van der Waals surface area contributed by atoms with E-state index in [-0.39, 0.29) is 19.1 Å². The molecule has 4 nitrogen and oxygen atoms in total. The van der Waals surface area contributed by atoms with Gasteiger partial charge < -0.3 is 15.3 Å². The molecule has 5 heteroatoms. The van der Waals surface area contributed by atoms with Crippen LogP contribution in [0.2, 0.25) is 5.02 Å². The number of aliphatic hydroxyl groups excluding tert-OH is 1. The number of hydrogen-bond acceptors (Lipinski definition) is 3. The van der Waals surface area contributed by atoms with E-state index >= 15 is 0 Å². The number of carbonyl (C=O) groups is 1. The van der Waals surface area contributed by atoms with Crippen LogP contribution >= 0.6 is 11.6 Å². The van der Waals surface area contributed by atoms with Crippen molar-refractivity contribution in [1.29, 1.82) is 0 Å². The summed E-state index contributed by atoms with van der Waals surface area (Å²) in [6.45, 7) is 0.190. The van der Waals surface area contributed by atoms with E-state index in [0.717, 1.165) is 24.1 Å². The van der Waals surface area contributed by atoms with Crippen molar-refractivity contribution in [2.45, 2.75) is 25.5 Å². The number of nitrogens with one attached hydrogen (secondary N) is 1. The number of likely N-dealkylation sites (N-methyl/N-ethyl adjacent to an activating group) is 1. The summed E-state index contributed by atoms with van der Waals surface area (Å²) in [7, 11) is 1.83. The summed E-state index contributed by atoms with van der Waals surface area (Å²) >= 11 is 5.87. The van der Waals surface area contributed by atoms with Gasteiger partial charge in [-0.3, -0.25) is 4.79 Å². The highest BCUT2D eigenvalue weighted by atomic mass is 35.5. The lowest BCUT2D eigenvalue weighted by molar-refractivity contribution is -0.119. The molecule has 0 unspecified atom stereocenters. The Balaban J connectivity index is 2.02. The third kappa shape index (κ3) is 3.37. The number of rotatable bonds is 5. The zero-order valence-corrected chi connectivity index (χ0v) is 11.1. The molecule has 0 heterocycles. The third-order valence-corrected chi connectivity index (χ3v) is 3.18. The van der Waals surface area contributed by atoms with Crippen molar-refractivity contribution in [2.24, 2.45) is 0 Å². The Kier molecular flexibility index (Phi) is 4.09. The van der Waals surface area contributed by atoms with Crippen LogP contribution in [0.5, 0.6) is 0 Å². The van der Waals surface area contributed by atoms with Crippen LogP contribution in [-0.4, -0.2) is 30.6 Å². The number of aliphatic hydroxyl groups is 1. The van der Waals surface area contributed by atoms with Crippen molar-refractivity contribution in [3.8, 4) is 0 Å². The molecule has 0 saturated heterocycles. The highest BCUT2D eigenvalue weighted by molar-refractivity contribution is 6.30. The largest absolute Gasteiger partial charge is 0.392 e. The van der Waals surface area contributed by atoms with E-state index in [4.69, 9.17) is 11.6 Å². The maximum Gasteiger partial charge on any atom is 0.239 e. The van der Waals surface area contributed by atoms with Crippen LogP contribution in [0.25, 0.3) is 0 Å². The molecule has 0 aliphatic heterocycles. The van der Waals surface area contributed by atoms with Gasteiger partial charge in [0.05, 0.1) is 13.2 Å². The molecule has 2 rings (SSSR count). The first-order chi connectivity index (χ1) is 8.60. The van der Waals surface area contributed by atoms with E-state index in [9.17, 15) is 9.90 Å².